The zero-order valence-electron chi connectivity index (χ0n) is 43.8. The van der Waals surface area contributed by atoms with Gasteiger partial charge in [-0.25, -0.2) is 0 Å². The largest absolute Gasteiger partial charge is 0.462 e. The van der Waals surface area contributed by atoms with E-state index in [4.69, 9.17) is 14.2 Å². The van der Waals surface area contributed by atoms with Crippen molar-refractivity contribution in [1.82, 2.24) is 0 Å². The molecule has 0 aromatic heterocycles. The van der Waals surface area contributed by atoms with E-state index in [1.54, 1.807) is 0 Å². The standard InChI is InChI=1S/C62H100O6/c1-4-7-10-13-15-17-19-21-23-24-25-26-27-28-29-30-31-32-33-34-35-36-37-38-39-41-42-44-46-49-52-55-61(64)67-58-59(57-66-60(63)54-51-48-12-9-6-3)68-62(65)56-53-50-47-45-43-40-22-20-18-16-14-11-8-5-2/h7,10,15,17,20-23,25-26,28-29,31-32,34-35,37-38,41-42,59H,4-6,8-9,11-14,16,18-19,24,27,30,33,36,39-40,43-58H2,1-3H3/b10-7-,17-15-,22-20-,23-21-,26-25-,29-28-,32-31-,35-34-,38-37-,42-41-. The lowest BCUT2D eigenvalue weighted by Crippen LogP contribution is -2.30. The molecular formula is C62H100O6. The van der Waals surface area contributed by atoms with E-state index in [1.807, 2.05) is 0 Å². The van der Waals surface area contributed by atoms with Gasteiger partial charge in [-0.05, 0) is 116 Å². The van der Waals surface area contributed by atoms with Gasteiger partial charge in [0, 0.05) is 19.3 Å². The number of hydrogen-bond donors (Lipinski definition) is 0. The highest BCUT2D eigenvalue weighted by molar-refractivity contribution is 5.71. The lowest BCUT2D eigenvalue weighted by molar-refractivity contribution is -0.167. The van der Waals surface area contributed by atoms with Gasteiger partial charge in [0.2, 0.25) is 0 Å². The molecule has 384 valence electrons. The van der Waals surface area contributed by atoms with E-state index < -0.39 is 6.10 Å². The molecule has 1 unspecified atom stereocenters. The molecule has 0 spiro atoms. The third-order valence-corrected chi connectivity index (χ3v) is 11.2. The number of carbonyl (C=O) groups is 3. The van der Waals surface area contributed by atoms with Gasteiger partial charge in [-0.3, -0.25) is 14.4 Å². The maximum absolute atomic E-state index is 12.7. The number of esters is 3. The summed E-state index contributed by atoms with van der Waals surface area (Å²) >= 11 is 0. The zero-order valence-corrected chi connectivity index (χ0v) is 43.8. The van der Waals surface area contributed by atoms with Crippen molar-refractivity contribution in [2.45, 2.75) is 239 Å². The quantitative estimate of drug-likeness (QED) is 0.0262. The molecule has 0 saturated carbocycles. The van der Waals surface area contributed by atoms with E-state index in [-0.39, 0.29) is 31.1 Å². The monoisotopic (exact) mass is 941 g/mol. The first-order valence-corrected chi connectivity index (χ1v) is 27.5. The number of carbonyl (C=O) groups excluding carboxylic acids is 3. The normalized spacial score (nSPS) is 13.0. The van der Waals surface area contributed by atoms with Gasteiger partial charge in [0.25, 0.3) is 0 Å². The van der Waals surface area contributed by atoms with Crippen molar-refractivity contribution < 1.29 is 28.6 Å². The maximum atomic E-state index is 12.7. The van der Waals surface area contributed by atoms with Crippen LogP contribution in [-0.4, -0.2) is 37.2 Å². The minimum absolute atomic E-state index is 0.0949. The van der Waals surface area contributed by atoms with Crippen LogP contribution in [0.5, 0.6) is 0 Å². The molecule has 0 aromatic carbocycles. The topological polar surface area (TPSA) is 78.9 Å². The predicted molar refractivity (Wildman–Crippen MR) is 293 cm³/mol. The first-order chi connectivity index (χ1) is 33.5. The van der Waals surface area contributed by atoms with Gasteiger partial charge < -0.3 is 14.2 Å². The smallest absolute Gasteiger partial charge is 0.306 e. The fourth-order valence-electron chi connectivity index (χ4n) is 7.07. The number of rotatable bonds is 48. The molecule has 0 aliphatic carbocycles. The van der Waals surface area contributed by atoms with Crippen LogP contribution in [0.2, 0.25) is 0 Å². The Hall–Kier alpha value is -4.19. The highest BCUT2D eigenvalue weighted by atomic mass is 16.6. The summed E-state index contributed by atoms with van der Waals surface area (Å²) in [6.07, 6.45) is 76.6. The maximum Gasteiger partial charge on any atom is 0.306 e. The third kappa shape index (κ3) is 52.8. The zero-order chi connectivity index (χ0) is 49.3. The summed E-state index contributed by atoms with van der Waals surface area (Å²) in [5.41, 5.74) is 0. The number of allylic oxidation sites excluding steroid dienone is 20. The van der Waals surface area contributed by atoms with Crippen LogP contribution in [0.25, 0.3) is 0 Å². The van der Waals surface area contributed by atoms with Crippen molar-refractivity contribution in [1.29, 1.82) is 0 Å². The van der Waals surface area contributed by atoms with Crippen LogP contribution < -0.4 is 0 Å². The Balaban J connectivity index is 4.19. The lowest BCUT2D eigenvalue weighted by atomic mass is 10.1. The Morgan fingerprint density at radius 1 is 0.309 bits per heavy atom. The van der Waals surface area contributed by atoms with E-state index in [1.165, 1.54) is 44.9 Å². The van der Waals surface area contributed by atoms with Gasteiger partial charge in [0.1, 0.15) is 13.2 Å². The SMILES string of the molecule is CC/C=C\C/C=C\C/C=C\C/C=C\C/C=C\C/C=C\C/C=C\C/C=C\C/C=C\CCCCCC(=O)OCC(COC(=O)CCCCCCC)OC(=O)CCCCCCC/C=C\CCCCCCC. The molecule has 0 aliphatic rings. The van der Waals surface area contributed by atoms with Crippen molar-refractivity contribution in [3.8, 4) is 0 Å². The summed E-state index contributed by atoms with van der Waals surface area (Å²) in [7, 11) is 0. The molecule has 0 aromatic rings. The Morgan fingerprint density at radius 3 is 0.926 bits per heavy atom. The number of unbranched alkanes of at least 4 members (excludes halogenated alkanes) is 17. The number of hydrogen-bond acceptors (Lipinski definition) is 6. The van der Waals surface area contributed by atoms with Crippen LogP contribution in [0.3, 0.4) is 0 Å². The first-order valence-electron chi connectivity index (χ1n) is 27.5. The van der Waals surface area contributed by atoms with Gasteiger partial charge in [-0.15, -0.1) is 0 Å². The molecule has 0 aliphatic heterocycles. The van der Waals surface area contributed by atoms with Crippen molar-refractivity contribution >= 4 is 17.9 Å². The Kier molecular flexibility index (Phi) is 52.0. The second-order valence-electron chi connectivity index (χ2n) is 17.8. The van der Waals surface area contributed by atoms with Crippen LogP contribution in [0.15, 0.2) is 122 Å². The van der Waals surface area contributed by atoms with Crippen molar-refractivity contribution in [3.05, 3.63) is 122 Å². The van der Waals surface area contributed by atoms with Gasteiger partial charge in [0.15, 0.2) is 6.10 Å². The van der Waals surface area contributed by atoms with E-state index in [2.05, 4.69) is 142 Å². The van der Waals surface area contributed by atoms with Crippen LogP contribution in [0, 0.1) is 0 Å². The minimum Gasteiger partial charge on any atom is -0.462 e. The van der Waals surface area contributed by atoms with Gasteiger partial charge in [-0.2, -0.15) is 0 Å². The molecule has 0 N–H and O–H groups in total. The Morgan fingerprint density at radius 2 is 0.574 bits per heavy atom. The molecule has 0 heterocycles. The van der Waals surface area contributed by atoms with Gasteiger partial charge >= 0.3 is 17.9 Å². The molecule has 1 atom stereocenters. The number of ether oxygens (including phenoxy) is 3. The fourth-order valence-corrected chi connectivity index (χ4v) is 7.07. The van der Waals surface area contributed by atoms with Crippen LogP contribution >= 0.6 is 0 Å². The Labute approximate surface area is 418 Å². The van der Waals surface area contributed by atoms with E-state index in [0.717, 1.165) is 148 Å². The predicted octanol–water partition coefficient (Wildman–Crippen LogP) is 18.5. The van der Waals surface area contributed by atoms with Gasteiger partial charge in [-0.1, -0.05) is 219 Å². The highest BCUT2D eigenvalue weighted by Gasteiger charge is 2.19. The molecule has 0 amide bonds. The molecule has 0 rings (SSSR count). The lowest BCUT2D eigenvalue weighted by Gasteiger charge is -2.18. The highest BCUT2D eigenvalue weighted by Crippen LogP contribution is 2.13. The van der Waals surface area contributed by atoms with Gasteiger partial charge in [0.05, 0.1) is 0 Å². The second kappa shape index (κ2) is 55.4. The van der Waals surface area contributed by atoms with Crippen molar-refractivity contribution in [2.24, 2.45) is 0 Å². The molecule has 0 bridgehead atoms. The van der Waals surface area contributed by atoms with Crippen LogP contribution in [0.1, 0.15) is 233 Å². The molecule has 6 heteroatoms. The average molecular weight is 941 g/mol. The summed E-state index contributed by atoms with van der Waals surface area (Å²) in [5, 5.41) is 0. The minimum atomic E-state index is -0.794. The van der Waals surface area contributed by atoms with Crippen molar-refractivity contribution in [3.63, 3.8) is 0 Å². The molecule has 0 fully saturated rings. The molecule has 0 radical (unpaired) electrons. The summed E-state index contributed by atoms with van der Waals surface area (Å²) in [6, 6.07) is 0. The van der Waals surface area contributed by atoms with Crippen molar-refractivity contribution in [2.75, 3.05) is 13.2 Å². The summed E-state index contributed by atoms with van der Waals surface area (Å²) in [5.74, 6) is -0.958. The van der Waals surface area contributed by atoms with E-state index in [0.29, 0.717) is 19.3 Å². The van der Waals surface area contributed by atoms with Crippen LogP contribution in [0.4, 0.5) is 0 Å². The first kappa shape index (κ1) is 63.8. The summed E-state index contributed by atoms with van der Waals surface area (Å²) < 4.78 is 16.6. The Bertz CT molecular complexity index is 1450. The van der Waals surface area contributed by atoms with E-state index in [9.17, 15) is 14.4 Å². The summed E-state index contributed by atoms with van der Waals surface area (Å²) in [6.45, 7) is 6.38. The average Bonchev–Trinajstić information content (AvgIpc) is 3.34. The van der Waals surface area contributed by atoms with Crippen LogP contribution in [-0.2, 0) is 28.6 Å². The molecule has 68 heavy (non-hydrogen) atoms. The third-order valence-electron chi connectivity index (χ3n) is 11.2. The second-order valence-corrected chi connectivity index (χ2v) is 17.8. The molecule has 0 saturated heterocycles. The molecular weight excluding hydrogens is 841 g/mol. The van der Waals surface area contributed by atoms with E-state index >= 15 is 0 Å². The fraction of sp³-hybridized carbons (Fsp3) is 0.629. The summed E-state index contributed by atoms with van der Waals surface area (Å²) in [4.78, 5) is 37.7. The molecule has 6 nitrogen and oxygen atoms in total.